The quantitative estimate of drug-likeness (QED) is 0.404. The molecule has 0 amide bonds. The topological polar surface area (TPSA) is 39.7 Å². The van der Waals surface area contributed by atoms with Crippen LogP contribution >= 0.6 is 24.0 Å². The summed E-state index contributed by atoms with van der Waals surface area (Å²) in [5.41, 5.74) is 2.56. The smallest absolute Gasteiger partial charge is 0.191 e. The fraction of sp³-hybridized carbons (Fsp3) is 0.632. The molecule has 0 spiro atoms. The Morgan fingerprint density at radius 2 is 2.08 bits per heavy atom. The zero-order chi connectivity index (χ0) is 16.1. The highest BCUT2D eigenvalue weighted by Gasteiger charge is 2.34. The molecule has 1 heterocycles. The standard InChI is InChI=1S/C19H30N4.HI/c1-3-20-19(21-12-16-6-4-5-15(2)11-16)22-13-17-9-10-23(14-17)18-7-8-18;/h4-6,11,17-18H,3,7-10,12-14H2,1-2H3,(H2,20,21,22);1H. The summed E-state index contributed by atoms with van der Waals surface area (Å²) in [7, 11) is 0. The molecule has 2 aliphatic rings. The average Bonchev–Trinajstić information content (AvgIpc) is 3.29. The number of halogens is 1. The molecule has 0 radical (unpaired) electrons. The van der Waals surface area contributed by atoms with Gasteiger partial charge in [-0.1, -0.05) is 29.8 Å². The minimum absolute atomic E-state index is 0. The van der Waals surface area contributed by atoms with E-state index in [4.69, 9.17) is 4.99 Å². The molecule has 24 heavy (non-hydrogen) atoms. The number of rotatable bonds is 6. The third-order valence-electron chi connectivity index (χ3n) is 4.79. The van der Waals surface area contributed by atoms with Crippen LogP contribution in [0, 0.1) is 12.8 Å². The van der Waals surface area contributed by atoms with Crippen molar-refractivity contribution in [3.63, 3.8) is 0 Å². The van der Waals surface area contributed by atoms with Crippen molar-refractivity contribution < 1.29 is 0 Å². The summed E-state index contributed by atoms with van der Waals surface area (Å²) in [6.07, 6.45) is 4.16. The number of guanidine groups is 1. The Balaban J connectivity index is 0.00000208. The van der Waals surface area contributed by atoms with Crippen molar-refractivity contribution in [3.05, 3.63) is 35.4 Å². The van der Waals surface area contributed by atoms with Crippen LogP contribution in [0.25, 0.3) is 0 Å². The van der Waals surface area contributed by atoms with E-state index in [1.165, 1.54) is 43.5 Å². The van der Waals surface area contributed by atoms with Crippen LogP contribution < -0.4 is 10.6 Å². The summed E-state index contributed by atoms with van der Waals surface area (Å²) in [5, 5.41) is 6.90. The van der Waals surface area contributed by atoms with Gasteiger partial charge in [0.25, 0.3) is 0 Å². The Bertz CT molecular complexity index is 542. The van der Waals surface area contributed by atoms with Gasteiger partial charge in [0.15, 0.2) is 5.96 Å². The van der Waals surface area contributed by atoms with Crippen LogP contribution in [0.3, 0.4) is 0 Å². The van der Waals surface area contributed by atoms with Crippen LogP contribution in [0.4, 0.5) is 0 Å². The van der Waals surface area contributed by atoms with E-state index in [1.807, 2.05) is 0 Å². The molecule has 1 saturated carbocycles. The molecule has 0 bridgehead atoms. The van der Waals surface area contributed by atoms with Crippen molar-refractivity contribution in [2.45, 2.75) is 45.7 Å². The second-order valence-corrected chi connectivity index (χ2v) is 6.95. The Kier molecular flexibility index (Phi) is 7.81. The van der Waals surface area contributed by atoms with Gasteiger partial charge in [-0.25, -0.2) is 4.99 Å². The monoisotopic (exact) mass is 442 g/mol. The van der Waals surface area contributed by atoms with Crippen LogP contribution in [0.15, 0.2) is 29.3 Å². The van der Waals surface area contributed by atoms with Gasteiger partial charge in [-0.15, -0.1) is 24.0 Å². The van der Waals surface area contributed by atoms with Gasteiger partial charge in [0, 0.05) is 25.7 Å². The van der Waals surface area contributed by atoms with E-state index < -0.39 is 0 Å². The van der Waals surface area contributed by atoms with Crippen molar-refractivity contribution in [2.24, 2.45) is 10.9 Å². The number of likely N-dealkylation sites (tertiary alicyclic amines) is 1. The molecule has 3 rings (SSSR count). The van der Waals surface area contributed by atoms with Crippen molar-refractivity contribution in [2.75, 3.05) is 26.2 Å². The van der Waals surface area contributed by atoms with Crippen LogP contribution in [0.1, 0.15) is 37.3 Å². The van der Waals surface area contributed by atoms with Gasteiger partial charge in [-0.3, -0.25) is 0 Å². The molecule has 2 fully saturated rings. The van der Waals surface area contributed by atoms with Gasteiger partial charge in [0.2, 0.25) is 0 Å². The average molecular weight is 442 g/mol. The molecule has 2 N–H and O–H groups in total. The Morgan fingerprint density at radius 1 is 1.25 bits per heavy atom. The van der Waals surface area contributed by atoms with E-state index in [0.29, 0.717) is 0 Å². The summed E-state index contributed by atoms with van der Waals surface area (Å²) >= 11 is 0. The maximum Gasteiger partial charge on any atom is 0.191 e. The minimum atomic E-state index is 0. The van der Waals surface area contributed by atoms with Gasteiger partial charge in [-0.2, -0.15) is 0 Å². The van der Waals surface area contributed by atoms with Crippen LogP contribution in [-0.2, 0) is 6.54 Å². The number of nitrogens with one attached hydrogen (secondary N) is 2. The molecule has 4 nitrogen and oxygen atoms in total. The summed E-state index contributed by atoms with van der Waals surface area (Å²) in [6, 6.07) is 9.49. The lowest BCUT2D eigenvalue weighted by Crippen LogP contribution is -2.40. The van der Waals surface area contributed by atoms with Crippen LogP contribution in [-0.4, -0.2) is 43.1 Å². The molecular formula is C19H31IN4. The van der Waals surface area contributed by atoms with E-state index >= 15 is 0 Å². The SMILES string of the molecule is CCNC(=NCc1cccc(C)c1)NCC1CCN(C2CC2)C1.I. The highest BCUT2D eigenvalue weighted by atomic mass is 127. The summed E-state index contributed by atoms with van der Waals surface area (Å²) in [6.45, 7) is 9.46. The Morgan fingerprint density at radius 3 is 2.79 bits per heavy atom. The van der Waals surface area contributed by atoms with Crippen molar-refractivity contribution in [3.8, 4) is 0 Å². The Labute approximate surface area is 163 Å². The zero-order valence-electron chi connectivity index (χ0n) is 14.9. The number of hydrogen-bond donors (Lipinski definition) is 2. The van der Waals surface area contributed by atoms with Gasteiger partial charge >= 0.3 is 0 Å². The lowest BCUT2D eigenvalue weighted by atomic mass is 10.1. The van der Waals surface area contributed by atoms with Gasteiger partial charge in [0.05, 0.1) is 6.54 Å². The first-order valence-corrected chi connectivity index (χ1v) is 9.06. The summed E-state index contributed by atoms with van der Waals surface area (Å²) < 4.78 is 0. The number of nitrogens with zero attached hydrogens (tertiary/aromatic N) is 2. The lowest BCUT2D eigenvalue weighted by Gasteiger charge is -2.17. The predicted molar refractivity (Wildman–Crippen MR) is 112 cm³/mol. The molecule has 134 valence electrons. The highest BCUT2D eigenvalue weighted by Crippen LogP contribution is 2.31. The number of aryl methyl sites for hydroxylation is 1. The first-order valence-electron chi connectivity index (χ1n) is 9.06. The molecule has 1 unspecified atom stereocenters. The van der Waals surface area contributed by atoms with Crippen LogP contribution in [0.2, 0.25) is 0 Å². The molecule has 5 heteroatoms. The van der Waals surface area contributed by atoms with Crippen molar-refractivity contribution >= 4 is 29.9 Å². The number of hydrogen-bond acceptors (Lipinski definition) is 2. The predicted octanol–water partition coefficient (Wildman–Crippen LogP) is 3.15. The molecule has 1 atom stereocenters. The second kappa shape index (κ2) is 9.61. The van der Waals surface area contributed by atoms with E-state index in [2.05, 4.69) is 53.6 Å². The minimum Gasteiger partial charge on any atom is -0.357 e. The third-order valence-corrected chi connectivity index (χ3v) is 4.79. The van der Waals surface area contributed by atoms with E-state index in [0.717, 1.165) is 37.6 Å². The van der Waals surface area contributed by atoms with E-state index in [9.17, 15) is 0 Å². The molecular weight excluding hydrogens is 411 g/mol. The van der Waals surface area contributed by atoms with Gasteiger partial charge in [-0.05, 0) is 51.1 Å². The highest BCUT2D eigenvalue weighted by molar-refractivity contribution is 14.0. The summed E-state index contributed by atoms with van der Waals surface area (Å²) in [4.78, 5) is 7.40. The Hall–Kier alpha value is -0.820. The number of benzene rings is 1. The largest absolute Gasteiger partial charge is 0.357 e. The normalized spacial score (nSPS) is 21.4. The first kappa shape index (κ1) is 19.5. The van der Waals surface area contributed by atoms with Crippen molar-refractivity contribution in [1.82, 2.24) is 15.5 Å². The molecule has 1 aliphatic heterocycles. The third kappa shape index (κ3) is 5.92. The second-order valence-electron chi connectivity index (χ2n) is 6.95. The zero-order valence-corrected chi connectivity index (χ0v) is 17.3. The molecule has 1 aliphatic carbocycles. The summed E-state index contributed by atoms with van der Waals surface area (Å²) in [5.74, 6) is 1.71. The molecule has 1 saturated heterocycles. The van der Waals surface area contributed by atoms with E-state index in [-0.39, 0.29) is 24.0 Å². The fourth-order valence-corrected chi connectivity index (χ4v) is 3.36. The maximum absolute atomic E-state index is 4.73. The maximum atomic E-state index is 4.73. The van der Waals surface area contributed by atoms with Gasteiger partial charge < -0.3 is 15.5 Å². The van der Waals surface area contributed by atoms with Crippen molar-refractivity contribution in [1.29, 1.82) is 0 Å². The molecule has 1 aromatic carbocycles. The lowest BCUT2D eigenvalue weighted by molar-refractivity contribution is 0.314. The first-order chi connectivity index (χ1) is 11.2. The molecule has 1 aromatic rings. The fourth-order valence-electron chi connectivity index (χ4n) is 3.36. The van der Waals surface area contributed by atoms with E-state index in [1.54, 1.807) is 0 Å². The molecule has 0 aromatic heterocycles. The van der Waals surface area contributed by atoms with Gasteiger partial charge in [0.1, 0.15) is 0 Å². The number of aliphatic imine (C=N–C) groups is 1. The van der Waals surface area contributed by atoms with Crippen LogP contribution in [0.5, 0.6) is 0 Å².